The van der Waals surface area contributed by atoms with E-state index in [0.717, 1.165) is 0 Å². The van der Waals surface area contributed by atoms with Crippen LogP contribution in [0.1, 0.15) is 13.3 Å². The Labute approximate surface area is 114 Å². The van der Waals surface area contributed by atoms with Gasteiger partial charge in [-0.15, -0.1) is 0 Å². The van der Waals surface area contributed by atoms with Crippen LogP contribution >= 0.6 is 27.5 Å². The molecule has 1 atom stereocenters. The fraction of sp³-hybridized carbons (Fsp3) is 0.300. The van der Waals surface area contributed by atoms with E-state index < -0.39 is 15.3 Å². The Hall–Kier alpha value is -0.770. The fourth-order valence-electron chi connectivity index (χ4n) is 1.18. The Bertz CT molecular complexity index is 554. The van der Waals surface area contributed by atoms with Crippen LogP contribution < -0.4 is 4.72 Å². The van der Waals surface area contributed by atoms with E-state index >= 15 is 0 Å². The molecule has 92 valence electrons. The summed E-state index contributed by atoms with van der Waals surface area (Å²) in [5.41, 5.74) is 0.370. The molecule has 0 saturated carbocycles. The van der Waals surface area contributed by atoms with E-state index in [2.05, 4.69) is 20.7 Å². The molecule has 1 aromatic carbocycles. The number of benzene rings is 1. The summed E-state index contributed by atoms with van der Waals surface area (Å²) in [5.74, 6) is 0. The first-order valence-electron chi connectivity index (χ1n) is 4.77. The number of nitriles is 1. The molecule has 1 N–H and O–H groups in total. The number of nitrogens with zero attached hydrogens (tertiary/aromatic N) is 1. The Morgan fingerprint density at radius 1 is 1.59 bits per heavy atom. The molecule has 7 heteroatoms. The lowest BCUT2D eigenvalue weighted by molar-refractivity contribution is 0.593. The first-order valence-corrected chi connectivity index (χ1v) is 7.48. The smallest absolute Gasteiger partial charge is 0.249 e. The lowest BCUT2D eigenvalue weighted by Gasteiger charge is -2.11. The molecule has 0 spiro atoms. The highest BCUT2D eigenvalue weighted by molar-refractivity contribution is 9.10. The molecule has 17 heavy (non-hydrogen) atoms. The topological polar surface area (TPSA) is 70.0 Å². The van der Waals surface area contributed by atoms with Gasteiger partial charge in [-0.25, -0.2) is 8.42 Å². The third-order valence-electron chi connectivity index (χ3n) is 2.07. The van der Waals surface area contributed by atoms with Crippen molar-refractivity contribution >= 4 is 43.2 Å². The number of rotatable bonds is 4. The molecule has 0 aromatic heterocycles. The van der Waals surface area contributed by atoms with Crippen LogP contribution in [0.2, 0.25) is 5.02 Å². The van der Waals surface area contributed by atoms with Crippen molar-refractivity contribution in [2.24, 2.45) is 0 Å². The second kappa shape index (κ2) is 5.71. The average Bonchev–Trinajstić information content (AvgIpc) is 2.24. The predicted octanol–water partition coefficient (Wildman–Crippen LogP) is 3.15. The molecule has 1 unspecified atom stereocenters. The Kier molecular flexibility index (Phi) is 4.80. The highest BCUT2D eigenvalue weighted by atomic mass is 79.9. The van der Waals surface area contributed by atoms with Crippen LogP contribution in [0.5, 0.6) is 0 Å². The molecule has 0 fully saturated rings. The second-order valence-electron chi connectivity index (χ2n) is 3.30. The summed E-state index contributed by atoms with van der Waals surface area (Å²) in [6.45, 7) is 1.64. The molecular weight excluding hydrogens is 328 g/mol. The molecule has 0 aliphatic carbocycles. The maximum absolute atomic E-state index is 11.8. The highest BCUT2D eigenvalue weighted by Crippen LogP contribution is 2.26. The summed E-state index contributed by atoms with van der Waals surface area (Å²) in [5, 5.41) is 8.17. The van der Waals surface area contributed by atoms with Gasteiger partial charge in [-0.05, 0) is 40.5 Å². The van der Waals surface area contributed by atoms with Crippen molar-refractivity contribution in [3.05, 3.63) is 27.7 Å². The van der Waals surface area contributed by atoms with Crippen molar-refractivity contribution in [1.82, 2.24) is 0 Å². The summed E-state index contributed by atoms with van der Waals surface area (Å²) < 4.78 is 26.5. The number of sulfonamides is 1. The normalized spacial score (nSPS) is 12.8. The predicted molar refractivity (Wildman–Crippen MR) is 71.4 cm³/mol. The van der Waals surface area contributed by atoms with E-state index in [1.807, 2.05) is 0 Å². The Morgan fingerprint density at radius 2 is 2.24 bits per heavy atom. The standard InChI is InChI=1S/C10H10BrClN2O2S/c1-2-8(6-13)17(15,16)14-7-3-4-10(12)9(11)5-7/h3-5,8,14H,2H2,1H3. The zero-order chi connectivity index (χ0) is 13.1. The minimum atomic E-state index is -3.68. The first kappa shape index (κ1) is 14.3. The molecule has 0 heterocycles. The average molecular weight is 338 g/mol. The number of hydrogen-bond donors (Lipinski definition) is 1. The third-order valence-corrected chi connectivity index (χ3v) is 4.99. The molecule has 0 radical (unpaired) electrons. The van der Waals surface area contributed by atoms with Crippen LogP contribution in [0.4, 0.5) is 5.69 Å². The summed E-state index contributed by atoms with van der Waals surface area (Å²) in [4.78, 5) is 0. The van der Waals surface area contributed by atoms with Crippen LogP contribution in [-0.2, 0) is 10.0 Å². The van der Waals surface area contributed by atoms with E-state index in [0.29, 0.717) is 15.2 Å². The Balaban J connectivity index is 2.99. The van der Waals surface area contributed by atoms with Gasteiger partial charge in [-0.3, -0.25) is 4.72 Å². The maximum atomic E-state index is 11.8. The molecule has 1 rings (SSSR count). The molecule has 0 bridgehead atoms. The van der Waals surface area contributed by atoms with Crippen molar-refractivity contribution in [3.8, 4) is 6.07 Å². The highest BCUT2D eigenvalue weighted by Gasteiger charge is 2.23. The van der Waals surface area contributed by atoms with Gasteiger partial charge in [-0.1, -0.05) is 18.5 Å². The summed E-state index contributed by atoms with van der Waals surface area (Å²) in [6, 6.07) is 6.40. The van der Waals surface area contributed by atoms with Crippen LogP contribution in [0.25, 0.3) is 0 Å². The van der Waals surface area contributed by atoms with Crippen molar-refractivity contribution < 1.29 is 8.42 Å². The number of anilines is 1. The van der Waals surface area contributed by atoms with Crippen molar-refractivity contribution in [1.29, 1.82) is 5.26 Å². The summed E-state index contributed by atoms with van der Waals surface area (Å²) in [6.07, 6.45) is 0.237. The SMILES string of the molecule is CCC(C#N)S(=O)(=O)Nc1ccc(Cl)c(Br)c1. The quantitative estimate of drug-likeness (QED) is 0.917. The van der Waals surface area contributed by atoms with Gasteiger partial charge in [0.25, 0.3) is 0 Å². The van der Waals surface area contributed by atoms with Gasteiger partial charge in [0.15, 0.2) is 5.25 Å². The third kappa shape index (κ3) is 3.60. The number of nitrogens with one attached hydrogen (secondary N) is 1. The van der Waals surface area contributed by atoms with Crippen molar-refractivity contribution in [2.45, 2.75) is 18.6 Å². The van der Waals surface area contributed by atoms with Gasteiger partial charge < -0.3 is 0 Å². The molecule has 0 amide bonds. The van der Waals surface area contributed by atoms with Crippen LogP contribution in [-0.4, -0.2) is 13.7 Å². The first-order chi connectivity index (χ1) is 7.90. The molecular formula is C10H10BrClN2O2S. The number of hydrogen-bond acceptors (Lipinski definition) is 3. The van der Waals surface area contributed by atoms with Crippen LogP contribution in [0.3, 0.4) is 0 Å². The van der Waals surface area contributed by atoms with Crippen LogP contribution in [0, 0.1) is 11.3 Å². The van der Waals surface area contributed by atoms with Gasteiger partial charge in [0.05, 0.1) is 11.1 Å². The molecule has 0 saturated heterocycles. The molecule has 0 aliphatic heterocycles. The minimum absolute atomic E-state index is 0.237. The minimum Gasteiger partial charge on any atom is -0.282 e. The fourth-order valence-corrected chi connectivity index (χ4v) is 2.85. The van der Waals surface area contributed by atoms with Gasteiger partial charge in [0.2, 0.25) is 10.0 Å². The van der Waals surface area contributed by atoms with E-state index in [9.17, 15) is 8.42 Å². The zero-order valence-corrected chi connectivity index (χ0v) is 12.1. The molecule has 0 aliphatic rings. The summed E-state index contributed by atoms with van der Waals surface area (Å²) >= 11 is 8.99. The summed E-state index contributed by atoms with van der Waals surface area (Å²) in [7, 11) is -3.68. The molecule has 4 nitrogen and oxygen atoms in total. The van der Waals surface area contributed by atoms with Gasteiger partial charge in [0, 0.05) is 10.2 Å². The van der Waals surface area contributed by atoms with Gasteiger partial charge >= 0.3 is 0 Å². The van der Waals surface area contributed by atoms with Crippen molar-refractivity contribution in [2.75, 3.05) is 4.72 Å². The van der Waals surface area contributed by atoms with Gasteiger partial charge in [-0.2, -0.15) is 5.26 Å². The van der Waals surface area contributed by atoms with E-state index in [1.54, 1.807) is 25.1 Å². The second-order valence-corrected chi connectivity index (χ2v) is 6.43. The Morgan fingerprint density at radius 3 is 2.71 bits per heavy atom. The maximum Gasteiger partial charge on any atom is 0.249 e. The van der Waals surface area contributed by atoms with E-state index in [4.69, 9.17) is 16.9 Å². The largest absolute Gasteiger partial charge is 0.282 e. The lowest BCUT2D eigenvalue weighted by atomic mass is 10.3. The molecule has 1 aromatic rings. The number of halogens is 2. The van der Waals surface area contributed by atoms with Crippen LogP contribution in [0.15, 0.2) is 22.7 Å². The van der Waals surface area contributed by atoms with Gasteiger partial charge in [0.1, 0.15) is 0 Å². The lowest BCUT2D eigenvalue weighted by Crippen LogP contribution is -2.25. The zero-order valence-electron chi connectivity index (χ0n) is 8.94. The monoisotopic (exact) mass is 336 g/mol. The van der Waals surface area contributed by atoms with E-state index in [1.165, 1.54) is 6.07 Å². The van der Waals surface area contributed by atoms with Crippen molar-refractivity contribution in [3.63, 3.8) is 0 Å². The van der Waals surface area contributed by atoms with E-state index in [-0.39, 0.29) is 6.42 Å².